The van der Waals surface area contributed by atoms with Crippen LogP contribution >= 0.6 is 22.6 Å². The maximum absolute atomic E-state index is 9.07. The van der Waals surface area contributed by atoms with Crippen molar-refractivity contribution in [1.82, 2.24) is 4.90 Å². The van der Waals surface area contributed by atoms with Crippen LogP contribution < -0.4 is 0 Å². The molecule has 0 spiro atoms. The van der Waals surface area contributed by atoms with Gasteiger partial charge in [0.15, 0.2) is 0 Å². The van der Waals surface area contributed by atoms with Gasteiger partial charge in [-0.1, -0.05) is 29.0 Å². The molecule has 1 N–H and O–H groups in total. The third-order valence-electron chi connectivity index (χ3n) is 2.51. The maximum Gasteiger partial charge on any atom is 0.0471 e. The first-order valence-electron chi connectivity index (χ1n) is 4.76. The van der Waals surface area contributed by atoms with E-state index in [9.17, 15) is 0 Å². The summed E-state index contributed by atoms with van der Waals surface area (Å²) in [4.78, 5) is 2.49. The average Bonchev–Trinajstić information content (AvgIpc) is 2.30. The Morgan fingerprint density at radius 2 is 2.25 bits per heavy atom. The van der Waals surface area contributed by atoms with E-state index in [4.69, 9.17) is 5.11 Å². The summed E-state index contributed by atoms with van der Waals surface area (Å²) in [6.45, 7) is 3.91. The van der Waals surface area contributed by atoms with Crippen molar-refractivity contribution in [3.63, 3.8) is 0 Å². The second kappa shape index (κ2) is 6.16. The summed E-state index contributed by atoms with van der Waals surface area (Å²) in [7, 11) is 0. The summed E-state index contributed by atoms with van der Waals surface area (Å²) in [6, 6.07) is 0. The minimum absolute atomic E-state index is 0.373. The van der Waals surface area contributed by atoms with Crippen LogP contribution in [0.3, 0.4) is 0 Å². The van der Waals surface area contributed by atoms with Gasteiger partial charge in [0.05, 0.1) is 0 Å². The molecule has 3 heteroatoms. The topological polar surface area (TPSA) is 23.5 Å². The van der Waals surface area contributed by atoms with Crippen LogP contribution in [0.25, 0.3) is 0 Å². The minimum atomic E-state index is 0.373. The smallest absolute Gasteiger partial charge is 0.0471 e. The maximum atomic E-state index is 9.07. The van der Waals surface area contributed by atoms with Crippen molar-refractivity contribution < 1.29 is 5.11 Å². The van der Waals surface area contributed by atoms with E-state index in [1.165, 1.54) is 36.8 Å². The van der Waals surface area contributed by atoms with E-state index in [1.54, 1.807) is 0 Å². The first-order valence-corrected chi connectivity index (χ1v) is 6.28. The number of hydrogen-bond donors (Lipinski definition) is 1. The van der Waals surface area contributed by atoms with Gasteiger partial charge in [0.2, 0.25) is 0 Å². The number of hydrogen-bond acceptors (Lipinski definition) is 2. The molecule has 1 aliphatic heterocycles. The molecule has 0 aromatic carbocycles. The van der Waals surface area contributed by atoms with Gasteiger partial charge in [0.1, 0.15) is 0 Å². The van der Waals surface area contributed by atoms with Crippen molar-refractivity contribution >= 4 is 22.6 Å². The van der Waals surface area contributed by atoms with E-state index in [2.05, 4.69) is 27.5 Å². The first-order chi connectivity index (χ1) is 5.86. The van der Waals surface area contributed by atoms with Crippen LogP contribution in [0.5, 0.6) is 0 Å². The zero-order chi connectivity index (χ0) is 8.81. The molecule has 0 aromatic heterocycles. The highest BCUT2D eigenvalue weighted by molar-refractivity contribution is 14.1. The number of aliphatic hydroxyl groups is 1. The van der Waals surface area contributed by atoms with Crippen LogP contribution in [0.2, 0.25) is 0 Å². The van der Waals surface area contributed by atoms with Gasteiger partial charge in [-0.2, -0.15) is 0 Å². The van der Waals surface area contributed by atoms with Gasteiger partial charge < -0.3 is 10.0 Å². The molecule has 0 aliphatic carbocycles. The highest BCUT2D eigenvalue weighted by Gasteiger charge is 2.16. The van der Waals surface area contributed by atoms with Gasteiger partial charge in [-0.15, -0.1) is 0 Å². The molecule has 1 heterocycles. The van der Waals surface area contributed by atoms with Gasteiger partial charge in [-0.25, -0.2) is 0 Å². The van der Waals surface area contributed by atoms with E-state index in [1.807, 2.05) is 0 Å². The van der Waals surface area contributed by atoms with Crippen LogP contribution in [0.15, 0.2) is 0 Å². The molecule has 1 fully saturated rings. The normalized spacial score (nSPS) is 27.0. The number of halogens is 1. The molecule has 0 bridgehead atoms. The summed E-state index contributed by atoms with van der Waals surface area (Å²) >= 11 is 2.42. The second-order valence-corrected chi connectivity index (χ2v) is 4.61. The molecule has 1 aliphatic rings. The summed E-state index contributed by atoms with van der Waals surface area (Å²) in [5.74, 6) is 0.537. The lowest BCUT2D eigenvalue weighted by Crippen LogP contribution is -2.31. The molecule has 1 saturated heterocycles. The first kappa shape index (κ1) is 10.7. The van der Waals surface area contributed by atoms with Crippen LogP contribution in [-0.4, -0.2) is 40.7 Å². The molecule has 0 amide bonds. The molecular formula is C9H18INO. The number of alkyl halides is 1. The van der Waals surface area contributed by atoms with Crippen molar-refractivity contribution in [3.05, 3.63) is 0 Å². The molecule has 1 unspecified atom stereocenters. The van der Waals surface area contributed by atoms with E-state index < -0.39 is 0 Å². The molecule has 0 radical (unpaired) electrons. The molecule has 72 valence electrons. The van der Waals surface area contributed by atoms with Crippen LogP contribution in [0, 0.1) is 5.92 Å². The fraction of sp³-hybridized carbons (Fsp3) is 1.00. The Labute approximate surface area is 88.5 Å². The third kappa shape index (κ3) is 3.58. The van der Waals surface area contributed by atoms with Crippen molar-refractivity contribution in [2.24, 2.45) is 5.92 Å². The summed E-state index contributed by atoms with van der Waals surface area (Å²) in [5.41, 5.74) is 0. The molecule has 1 atom stereocenters. The lowest BCUT2D eigenvalue weighted by molar-refractivity contribution is 0.178. The van der Waals surface area contributed by atoms with E-state index in [0.717, 1.165) is 6.54 Å². The fourth-order valence-electron chi connectivity index (χ4n) is 1.79. The molecular weight excluding hydrogens is 265 g/mol. The summed E-state index contributed by atoms with van der Waals surface area (Å²) in [6.07, 6.45) is 3.82. The van der Waals surface area contributed by atoms with Crippen LogP contribution in [-0.2, 0) is 0 Å². The van der Waals surface area contributed by atoms with Crippen LogP contribution in [0.4, 0.5) is 0 Å². The highest BCUT2D eigenvalue weighted by atomic mass is 127. The fourth-order valence-corrected chi connectivity index (χ4v) is 2.47. The van der Waals surface area contributed by atoms with Crippen molar-refractivity contribution in [1.29, 1.82) is 0 Å². The average molecular weight is 283 g/mol. The quantitative estimate of drug-likeness (QED) is 0.627. The number of aliphatic hydroxyl groups excluding tert-OH is 1. The Kier molecular flexibility index (Phi) is 5.50. The Morgan fingerprint density at radius 3 is 2.92 bits per heavy atom. The standard InChI is InChI=1S/C9H18INO/c10-4-6-11-5-2-1-3-9(7-11)8-12/h9,12H,1-8H2. The van der Waals surface area contributed by atoms with E-state index in [0.29, 0.717) is 12.5 Å². The lowest BCUT2D eigenvalue weighted by Gasteiger charge is -2.21. The largest absolute Gasteiger partial charge is 0.396 e. The number of rotatable bonds is 3. The van der Waals surface area contributed by atoms with Crippen LogP contribution in [0.1, 0.15) is 19.3 Å². The summed E-state index contributed by atoms with van der Waals surface area (Å²) in [5, 5.41) is 9.07. The van der Waals surface area contributed by atoms with E-state index >= 15 is 0 Å². The lowest BCUT2D eigenvalue weighted by atomic mass is 10.1. The van der Waals surface area contributed by atoms with Crippen molar-refractivity contribution in [2.75, 3.05) is 30.7 Å². The predicted molar refractivity (Wildman–Crippen MR) is 59.8 cm³/mol. The Hall–Kier alpha value is 0.650. The monoisotopic (exact) mass is 283 g/mol. The zero-order valence-electron chi connectivity index (χ0n) is 7.51. The SMILES string of the molecule is OCC1CCCCN(CCI)C1. The zero-order valence-corrected chi connectivity index (χ0v) is 9.66. The summed E-state index contributed by atoms with van der Waals surface area (Å²) < 4.78 is 1.20. The van der Waals surface area contributed by atoms with Gasteiger partial charge in [-0.3, -0.25) is 0 Å². The minimum Gasteiger partial charge on any atom is -0.396 e. The molecule has 0 saturated carbocycles. The van der Waals surface area contributed by atoms with Gasteiger partial charge in [0.25, 0.3) is 0 Å². The van der Waals surface area contributed by atoms with E-state index in [-0.39, 0.29) is 0 Å². The van der Waals surface area contributed by atoms with Gasteiger partial charge in [-0.05, 0) is 25.3 Å². The Bertz CT molecular complexity index is 121. The van der Waals surface area contributed by atoms with Crippen molar-refractivity contribution in [2.45, 2.75) is 19.3 Å². The number of nitrogens with zero attached hydrogens (tertiary/aromatic N) is 1. The van der Waals surface area contributed by atoms with Gasteiger partial charge in [0, 0.05) is 24.1 Å². The third-order valence-corrected chi connectivity index (χ3v) is 2.99. The number of likely N-dealkylation sites (tertiary alicyclic amines) is 1. The predicted octanol–water partition coefficient (Wildman–Crippen LogP) is 1.52. The molecule has 12 heavy (non-hydrogen) atoms. The Morgan fingerprint density at radius 1 is 1.42 bits per heavy atom. The highest BCUT2D eigenvalue weighted by Crippen LogP contribution is 2.15. The van der Waals surface area contributed by atoms with Gasteiger partial charge >= 0.3 is 0 Å². The van der Waals surface area contributed by atoms with Crippen molar-refractivity contribution in [3.8, 4) is 0 Å². The molecule has 1 rings (SSSR count). The molecule has 2 nitrogen and oxygen atoms in total. The molecule has 0 aromatic rings. The Balaban J connectivity index is 2.31. The second-order valence-electron chi connectivity index (χ2n) is 3.53.